The Morgan fingerprint density at radius 3 is 2.50 bits per heavy atom. The van der Waals surface area contributed by atoms with Crippen molar-refractivity contribution in [1.29, 1.82) is 0 Å². The lowest BCUT2D eigenvalue weighted by atomic mass is 9.74. The van der Waals surface area contributed by atoms with Gasteiger partial charge in [-0.15, -0.1) is 0 Å². The van der Waals surface area contributed by atoms with Crippen LogP contribution in [0.2, 0.25) is 0 Å². The lowest BCUT2D eigenvalue weighted by Gasteiger charge is -2.38. The summed E-state index contributed by atoms with van der Waals surface area (Å²) in [5, 5.41) is -0.443. The molecule has 0 aromatic heterocycles. The molecule has 0 spiro atoms. The first-order valence-corrected chi connectivity index (χ1v) is 9.16. The van der Waals surface area contributed by atoms with Gasteiger partial charge in [0.2, 0.25) is 10.0 Å². The lowest BCUT2D eigenvalue weighted by Crippen LogP contribution is -2.46. The van der Waals surface area contributed by atoms with Crippen LogP contribution in [0.25, 0.3) is 0 Å². The van der Waals surface area contributed by atoms with E-state index in [0.29, 0.717) is 19.8 Å². The Labute approximate surface area is 133 Å². The first kappa shape index (κ1) is 17.2. The highest BCUT2D eigenvalue weighted by molar-refractivity contribution is 7.90. The van der Waals surface area contributed by atoms with Crippen LogP contribution < -0.4 is 9.46 Å². The van der Waals surface area contributed by atoms with Crippen LogP contribution >= 0.6 is 0 Å². The summed E-state index contributed by atoms with van der Waals surface area (Å²) in [6.07, 6.45) is 1.54. The van der Waals surface area contributed by atoms with Gasteiger partial charge in [0.05, 0.1) is 12.4 Å². The number of rotatable bonds is 6. The van der Waals surface area contributed by atoms with Crippen LogP contribution in [0.5, 0.6) is 5.75 Å². The number of hydrogen-bond acceptors (Lipinski definition) is 4. The molecule has 0 saturated carbocycles. The zero-order valence-corrected chi connectivity index (χ0v) is 14.3. The lowest BCUT2D eigenvalue weighted by molar-refractivity contribution is 0.0508. The highest BCUT2D eigenvalue weighted by atomic mass is 32.2. The van der Waals surface area contributed by atoms with Crippen LogP contribution in [0.1, 0.15) is 32.3 Å². The van der Waals surface area contributed by atoms with Crippen molar-refractivity contribution in [3.63, 3.8) is 0 Å². The van der Waals surface area contributed by atoms with Gasteiger partial charge in [-0.2, -0.15) is 0 Å². The maximum absolute atomic E-state index is 12.1. The van der Waals surface area contributed by atoms with Crippen molar-refractivity contribution >= 4 is 10.0 Å². The van der Waals surface area contributed by atoms with E-state index in [-0.39, 0.29) is 5.41 Å². The number of methoxy groups -OCH3 is 1. The Morgan fingerprint density at radius 2 is 1.91 bits per heavy atom. The summed E-state index contributed by atoms with van der Waals surface area (Å²) in [6.45, 7) is 4.99. The fourth-order valence-electron chi connectivity index (χ4n) is 2.79. The van der Waals surface area contributed by atoms with Gasteiger partial charge in [0.25, 0.3) is 0 Å². The first-order chi connectivity index (χ1) is 10.4. The molecular formula is C16H25NO4S. The highest BCUT2D eigenvalue weighted by Gasteiger charge is 2.37. The second-order valence-corrected chi connectivity index (χ2v) is 8.33. The zero-order chi connectivity index (χ0) is 16.2. The molecule has 6 heteroatoms. The molecular weight excluding hydrogens is 302 g/mol. The molecule has 1 aliphatic heterocycles. The van der Waals surface area contributed by atoms with Gasteiger partial charge >= 0.3 is 0 Å². The van der Waals surface area contributed by atoms with E-state index in [0.717, 1.165) is 24.2 Å². The molecule has 5 nitrogen and oxygen atoms in total. The molecule has 1 aliphatic rings. The van der Waals surface area contributed by atoms with E-state index in [9.17, 15) is 8.42 Å². The van der Waals surface area contributed by atoms with Crippen LogP contribution in [0.15, 0.2) is 24.3 Å². The average Bonchev–Trinajstić information content (AvgIpc) is 2.54. The summed E-state index contributed by atoms with van der Waals surface area (Å²) in [5.74, 6) is 0.799. The molecule has 22 heavy (non-hydrogen) atoms. The van der Waals surface area contributed by atoms with Gasteiger partial charge in [0.1, 0.15) is 5.75 Å². The molecule has 0 bridgehead atoms. The third-order valence-corrected chi connectivity index (χ3v) is 6.15. The second kappa shape index (κ2) is 6.98. The number of benzene rings is 1. The summed E-state index contributed by atoms with van der Waals surface area (Å²) >= 11 is 0. The number of nitrogens with one attached hydrogen (secondary N) is 1. The van der Waals surface area contributed by atoms with Crippen molar-refractivity contribution in [2.24, 2.45) is 0 Å². The Kier molecular flexibility index (Phi) is 5.47. The molecule has 0 unspecified atom stereocenters. The van der Waals surface area contributed by atoms with Crippen LogP contribution in [-0.4, -0.2) is 40.5 Å². The standard InChI is InChI=1S/C16H25NO4S/c1-13(2)22(18,19)17-12-16(8-10-21-11-9-16)14-6-4-5-7-15(14)20-3/h4-7,13,17H,8-12H2,1-3H3. The molecule has 0 atom stereocenters. The number of hydrogen-bond donors (Lipinski definition) is 1. The van der Waals surface area contributed by atoms with Gasteiger partial charge in [-0.3, -0.25) is 0 Å². The van der Waals surface area contributed by atoms with Crippen LogP contribution in [0.4, 0.5) is 0 Å². The Morgan fingerprint density at radius 1 is 1.27 bits per heavy atom. The normalized spacial score (nSPS) is 18.4. The van der Waals surface area contributed by atoms with E-state index in [1.54, 1.807) is 21.0 Å². The SMILES string of the molecule is COc1ccccc1C1(CNS(=O)(=O)C(C)C)CCOCC1. The predicted molar refractivity (Wildman–Crippen MR) is 86.8 cm³/mol. The van der Waals surface area contributed by atoms with E-state index >= 15 is 0 Å². The van der Waals surface area contributed by atoms with Gasteiger partial charge in [-0.25, -0.2) is 13.1 Å². The van der Waals surface area contributed by atoms with Gasteiger partial charge in [0, 0.05) is 30.7 Å². The summed E-state index contributed by atoms with van der Waals surface area (Å²) in [5.41, 5.74) is 0.763. The van der Waals surface area contributed by atoms with Gasteiger partial charge < -0.3 is 9.47 Å². The zero-order valence-electron chi connectivity index (χ0n) is 13.5. The largest absolute Gasteiger partial charge is 0.496 e. The van der Waals surface area contributed by atoms with Gasteiger partial charge in [0.15, 0.2) is 0 Å². The Bertz CT molecular complexity index is 592. The quantitative estimate of drug-likeness (QED) is 0.869. The summed E-state index contributed by atoms with van der Waals surface area (Å²) in [7, 11) is -1.65. The molecule has 124 valence electrons. The van der Waals surface area contributed by atoms with E-state index < -0.39 is 15.3 Å². The molecule has 0 amide bonds. The van der Waals surface area contributed by atoms with Crippen molar-refractivity contribution in [3.8, 4) is 5.75 Å². The van der Waals surface area contributed by atoms with Crippen LogP contribution in [0, 0.1) is 0 Å². The van der Waals surface area contributed by atoms with Gasteiger partial charge in [-0.05, 0) is 32.8 Å². The van der Waals surface area contributed by atoms with Crippen molar-refractivity contribution in [1.82, 2.24) is 4.72 Å². The molecule has 1 N–H and O–H groups in total. The summed E-state index contributed by atoms with van der Waals surface area (Å²) in [6, 6.07) is 7.83. The average molecular weight is 327 g/mol. The Balaban J connectivity index is 2.32. The molecule has 0 radical (unpaired) electrons. The number of ether oxygens (including phenoxy) is 2. The molecule has 0 aliphatic carbocycles. The predicted octanol–water partition coefficient (Wildman–Crippen LogP) is 2.07. The van der Waals surface area contributed by atoms with E-state index in [2.05, 4.69) is 4.72 Å². The third kappa shape index (κ3) is 3.62. The molecule has 1 heterocycles. The molecule has 1 saturated heterocycles. The molecule has 1 aromatic carbocycles. The minimum atomic E-state index is -3.29. The van der Waals surface area contributed by atoms with E-state index in [1.807, 2.05) is 24.3 Å². The number of sulfonamides is 1. The minimum absolute atomic E-state index is 0.285. The molecule has 1 fully saturated rings. The van der Waals surface area contributed by atoms with Crippen molar-refractivity contribution in [2.45, 2.75) is 37.4 Å². The Hall–Kier alpha value is -1.11. The minimum Gasteiger partial charge on any atom is -0.496 e. The number of para-hydroxylation sites is 1. The van der Waals surface area contributed by atoms with Crippen molar-refractivity contribution in [3.05, 3.63) is 29.8 Å². The topological polar surface area (TPSA) is 64.6 Å². The smallest absolute Gasteiger partial charge is 0.213 e. The summed E-state index contributed by atoms with van der Waals surface area (Å²) < 4.78 is 38.0. The third-order valence-electron chi connectivity index (χ3n) is 4.36. The fraction of sp³-hybridized carbons (Fsp3) is 0.625. The maximum atomic E-state index is 12.1. The monoisotopic (exact) mass is 327 g/mol. The van der Waals surface area contributed by atoms with Crippen molar-refractivity contribution < 1.29 is 17.9 Å². The fourth-order valence-corrected chi connectivity index (χ4v) is 3.60. The first-order valence-electron chi connectivity index (χ1n) is 7.61. The van der Waals surface area contributed by atoms with Crippen molar-refractivity contribution in [2.75, 3.05) is 26.9 Å². The summed E-state index contributed by atoms with van der Waals surface area (Å²) in [4.78, 5) is 0. The molecule has 2 rings (SSSR count). The highest BCUT2D eigenvalue weighted by Crippen LogP contribution is 2.39. The van der Waals surface area contributed by atoms with Gasteiger partial charge in [-0.1, -0.05) is 18.2 Å². The van der Waals surface area contributed by atoms with E-state index in [4.69, 9.17) is 9.47 Å². The second-order valence-electron chi connectivity index (χ2n) is 6.01. The molecule has 1 aromatic rings. The maximum Gasteiger partial charge on any atom is 0.213 e. The van der Waals surface area contributed by atoms with Crippen LogP contribution in [0.3, 0.4) is 0 Å². The van der Waals surface area contributed by atoms with E-state index in [1.165, 1.54) is 0 Å². The van der Waals surface area contributed by atoms with Crippen LogP contribution in [-0.2, 0) is 20.2 Å².